The minimum Gasteiger partial charge on any atom is -0.350 e. The van der Waals surface area contributed by atoms with Crippen molar-refractivity contribution in [3.63, 3.8) is 0 Å². The van der Waals surface area contributed by atoms with E-state index in [-0.39, 0.29) is 5.78 Å². The van der Waals surface area contributed by atoms with Gasteiger partial charge in [0.05, 0.1) is 5.52 Å². The monoisotopic (exact) mass is 449 g/mol. The number of aryl methyl sites for hydroxylation is 2. The molecule has 2 heteroatoms. The summed E-state index contributed by atoms with van der Waals surface area (Å²) in [5.74, 6) is 0.110. The Morgan fingerprint density at radius 1 is 0.706 bits per heavy atom. The smallest absolute Gasteiger partial charge is 0.195 e. The minimum atomic E-state index is 0.110. The average molecular weight is 450 g/mol. The Kier molecular flexibility index (Phi) is 6.94. The first-order chi connectivity index (χ1) is 16.7. The molecule has 5 rings (SSSR count). The number of nitrogens with zero attached hydrogens (tertiary/aromatic N) is 1. The number of rotatable bonds is 3. The third-order valence-corrected chi connectivity index (χ3v) is 7.45. The van der Waals surface area contributed by atoms with E-state index < -0.39 is 0 Å². The van der Waals surface area contributed by atoms with E-state index in [9.17, 15) is 4.79 Å². The second-order valence-electron chi connectivity index (χ2n) is 9.82. The SMILES string of the molecule is Cn1cc(C(=O)c2ccccc2)c2cc(-c3ccccc3)c3c(c21)CCCCCCCCCC3. The predicted molar refractivity (Wildman–Crippen MR) is 143 cm³/mol. The molecular formula is C32H35NO. The summed E-state index contributed by atoms with van der Waals surface area (Å²) in [6, 6.07) is 22.8. The lowest BCUT2D eigenvalue weighted by atomic mass is 9.86. The van der Waals surface area contributed by atoms with Crippen LogP contribution in [0.4, 0.5) is 0 Å². The summed E-state index contributed by atoms with van der Waals surface area (Å²) in [6.45, 7) is 0. The molecule has 4 aromatic rings. The molecule has 34 heavy (non-hydrogen) atoms. The van der Waals surface area contributed by atoms with Gasteiger partial charge in [-0.3, -0.25) is 4.79 Å². The minimum absolute atomic E-state index is 0.110. The Morgan fingerprint density at radius 2 is 1.26 bits per heavy atom. The van der Waals surface area contributed by atoms with Crippen molar-refractivity contribution in [3.05, 3.63) is 95.2 Å². The highest BCUT2D eigenvalue weighted by molar-refractivity contribution is 6.17. The van der Waals surface area contributed by atoms with Crippen LogP contribution >= 0.6 is 0 Å². The molecule has 174 valence electrons. The summed E-state index contributed by atoms with van der Waals surface area (Å²) in [4.78, 5) is 13.6. The molecule has 0 amide bonds. The number of benzene rings is 3. The molecule has 0 aliphatic heterocycles. The van der Waals surface area contributed by atoms with E-state index in [4.69, 9.17) is 0 Å². The number of hydrogen-bond donors (Lipinski definition) is 0. The number of carbonyl (C=O) groups excluding carboxylic acids is 1. The Labute approximate surface area is 203 Å². The first kappa shape index (κ1) is 22.7. The highest BCUT2D eigenvalue weighted by Gasteiger charge is 2.22. The van der Waals surface area contributed by atoms with Crippen LogP contribution in [-0.4, -0.2) is 10.4 Å². The van der Waals surface area contributed by atoms with Crippen molar-refractivity contribution in [2.75, 3.05) is 0 Å². The van der Waals surface area contributed by atoms with Gasteiger partial charge in [-0.05, 0) is 54.0 Å². The van der Waals surface area contributed by atoms with Gasteiger partial charge in [-0.25, -0.2) is 0 Å². The van der Waals surface area contributed by atoms with Crippen molar-refractivity contribution in [2.24, 2.45) is 7.05 Å². The Morgan fingerprint density at radius 3 is 1.91 bits per heavy atom. The summed E-state index contributed by atoms with van der Waals surface area (Å²) in [6.07, 6.45) is 14.7. The fourth-order valence-electron chi connectivity index (χ4n) is 5.72. The zero-order valence-corrected chi connectivity index (χ0v) is 20.4. The number of hydrogen-bond acceptors (Lipinski definition) is 1. The number of carbonyl (C=O) groups is 1. The summed E-state index contributed by atoms with van der Waals surface area (Å²) >= 11 is 0. The van der Waals surface area contributed by atoms with Gasteiger partial charge in [0.1, 0.15) is 0 Å². The maximum atomic E-state index is 13.6. The standard InChI is InChI=1S/C32H35NO/c1-33-23-30(32(34)25-18-12-9-13-19-25)29-22-28(24-16-10-8-11-17-24)26-20-14-6-4-2-3-5-7-15-21-27(26)31(29)33/h8-13,16-19,22-23H,2-7,14-15,20-21H2,1H3. The lowest BCUT2D eigenvalue weighted by Crippen LogP contribution is -2.04. The van der Waals surface area contributed by atoms with Crippen LogP contribution in [0.2, 0.25) is 0 Å². The zero-order chi connectivity index (χ0) is 23.3. The van der Waals surface area contributed by atoms with E-state index in [1.54, 1.807) is 0 Å². The topological polar surface area (TPSA) is 22.0 Å². The molecule has 1 aliphatic rings. The van der Waals surface area contributed by atoms with Gasteiger partial charge in [-0.1, -0.05) is 99.2 Å². The van der Waals surface area contributed by atoms with Crippen LogP contribution in [0, 0.1) is 0 Å². The van der Waals surface area contributed by atoms with Crippen LogP contribution in [0.25, 0.3) is 22.0 Å². The normalized spacial score (nSPS) is 15.3. The van der Waals surface area contributed by atoms with Crippen LogP contribution in [0.3, 0.4) is 0 Å². The quantitative estimate of drug-likeness (QED) is 0.288. The van der Waals surface area contributed by atoms with Crippen molar-refractivity contribution in [2.45, 2.75) is 64.2 Å². The molecule has 1 heterocycles. The molecule has 0 atom stereocenters. The van der Waals surface area contributed by atoms with Gasteiger partial charge in [0.25, 0.3) is 0 Å². The molecule has 0 radical (unpaired) electrons. The molecule has 2 nitrogen and oxygen atoms in total. The molecule has 1 aliphatic carbocycles. The fraction of sp³-hybridized carbons (Fsp3) is 0.344. The summed E-state index contributed by atoms with van der Waals surface area (Å²) in [5.41, 5.74) is 8.36. The Hall–Kier alpha value is -3.13. The Balaban J connectivity index is 1.73. The third-order valence-electron chi connectivity index (χ3n) is 7.45. The molecule has 0 bridgehead atoms. The lowest BCUT2D eigenvalue weighted by molar-refractivity contribution is 0.104. The molecule has 0 saturated heterocycles. The van der Waals surface area contributed by atoms with Crippen LogP contribution in [0.15, 0.2) is 72.9 Å². The summed E-state index contributed by atoms with van der Waals surface area (Å²) in [7, 11) is 2.11. The van der Waals surface area contributed by atoms with Crippen molar-refractivity contribution >= 4 is 16.7 Å². The van der Waals surface area contributed by atoms with Crippen LogP contribution < -0.4 is 0 Å². The van der Waals surface area contributed by atoms with Gasteiger partial charge >= 0.3 is 0 Å². The van der Waals surface area contributed by atoms with Gasteiger partial charge in [0.2, 0.25) is 0 Å². The predicted octanol–water partition coefficient (Wildman–Crippen LogP) is 8.30. The summed E-state index contributed by atoms with van der Waals surface area (Å²) < 4.78 is 2.21. The fourth-order valence-corrected chi connectivity index (χ4v) is 5.72. The molecule has 0 saturated carbocycles. The van der Waals surface area contributed by atoms with E-state index in [2.05, 4.69) is 54.2 Å². The molecule has 0 N–H and O–H groups in total. The van der Waals surface area contributed by atoms with Crippen molar-refractivity contribution < 1.29 is 4.79 Å². The number of fused-ring (bicyclic) bond motifs is 3. The highest BCUT2D eigenvalue weighted by Crippen LogP contribution is 2.38. The molecule has 0 spiro atoms. The maximum absolute atomic E-state index is 13.6. The maximum Gasteiger partial charge on any atom is 0.195 e. The van der Waals surface area contributed by atoms with Crippen molar-refractivity contribution in [1.82, 2.24) is 4.57 Å². The lowest BCUT2D eigenvalue weighted by Gasteiger charge is -2.19. The molecule has 1 aromatic heterocycles. The first-order valence-corrected chi connectivity index (χ1v) is 13.0. The van der Waals surface area contributed by atoms with Gasteiger partial charge in [-0.15, -0.1) is 0 Å². The second kappa shape index (κ2) is 10.4. The number of ketones is 1. The number of aromatic nitrogens is 1. The van der Waals surface area contributed by atoms with E-state index in [1.807, 2.05) is 30.3 Å². The third kappa shape index (κ3) is 4.59. The summed E-state index contributed by atoms with van der Waals surface area (Å²) in [5, 5.41) is 1.10. The largest absolute Gasteiger partial charge is 0.350 e. The van der Waals surface area contributed by atoms with E-state index in [1.165, 1.54) is 79.1 Å². The van der Waals surface area contributed by atoms with Crippen molar-refractivity contribution in [3.8, 4) is 11.1 Å². The van der Waals surface area contributed by atoms with Gasteiger partial charge in [-0.2, -0.15) is 0 Å². The van der Waals surface area contributed by atoms with E-state index in [0.29, 0.717) is 0 Å². The van der Waals surface area contributed by atoms with E-state index >= 15 is 0 Å². The van der Waals surface area contributed by atoms with Gasteiger partial charge < -0.3 is 4.57 Å². The van der Waals surface area contributed by atoms with Crippen LogP contribution in [0.1, 0.15) is 78.4 Å². The molecular weight excluding hydrogens is 414 g/mol. The van der Waals surface area contributed by atoms with Crippen molar-refractivity contribution in [1.29, 1.82) is 0 Å². The second-order valence-corrected chi connectivity index (χ2v) is 9.82. The molecule has 3 aromatic carbocycles. The Bertz CT molecular complexity index is 1270. The zero-order valence-electron chi connectivity index (χ0n) is 20.4. The first-order valence-electron chi connectivity index (χ1n) is 13.0. The van der Waals surface area contributed by atoms with Gasteiger partial charge in [0.15, 0.2) is 5.78 Å². The van der Waals surface area contributed by atoms with Gasteiger partial charge in [0, 0.05) is 29.8 Å². The van der Waals surface area contributed by atoms with E-state index in [0.717, 1.165) is 29.4 Å². The van der Waals surface area contributed by atoms with Crippen LogP contribution in [0.5, 0.6) is 0 Å². The molecule has 0 unspecified atom stereocenters. The van der Waals surface area contributed by atoms with Crippen LogP contribution in [-0.2, 0) is 19.9 Å². The highest BCUT2D eigenvalue weighted by atomic mass is 16.1. The molecule has 0 fully saturated rings. The average Bonchev–Trinajstić information content (AvgIpc) is 3.20.